The van der Waals surface area contributed by atoms with E-state index in [-0.39, 0.29) is 5.91 Å². The van der Waals surface area contributed by atoms with Gasteiger partial charge < -0.3 is 10.1 Å². The maximum atomic E-state index is 12.2. The summed E-state index contributed by atoms with van der Waals surface area (Å²) in [5.41, 5.74) is -0.360. The highest BCUT2D eigenvalue weighted by Crippen LogP contribution is 2.34. The van der Waals surface area contributed by atoms with E-state index in [4.69, 9.17) is 4.74 Å². The molecule has 0 aliphatic heterocycles. The molecule has 5 nitrogen and oxygen atoms in total. The minimum absolute atomic E-state index is 0.207. The number of nitrogens with zero attached hydrogens (tertiary/aromatic N) is 1. The van der Waals surface area contributed by atoms with Gasteiger partial charge in [-0.1, -0.05) is 20.8 Å². The number of carbonyl (C=O) groups excluding carboxylic acids is 2. The molecule has 0 aliphatic carbocycles. The molecular weight excluding hydrogens is 300 g/mol. The second kappa shape index (κ2) is 6.09. The van der Waals surface area contributed by atoms with Gasteiger partial charge in [-0.2, -0.15) is 5.26 Å². The van der Waals surface area contributed by atoms with Crippen molar-refractivity contribution in [3.05, 3.63) is 16.0 Å². The lowest BCUT2D eigenvalue weighted by atomic mass is 9.96. The Labute approximate surface area is 135 Å². The van der Waals surface area contributed by atoms with Crippen LogP contribution in [0, 0.1) is 23.7 Å². The number of carbonyl (C=O) groups is 2. The van der Waals surface area contributed by atoms with Gasteiger partial charge in [0.15, 0.2) is 0 Å². The van der Waals surface area contributed by atoms with E-state index in [1.165, 1.54) is 0 Å². The minimum atomic E-state index is -0.616. The van der Waals surface area contributed by atoms with Crippen molar-refractivity contribution in [3.63, 3.8) is 0 Å². The molecule has 1 N–H and O–H groups in total. The standard InChI is InChI=1S/C16H22N2O3S/c1-9-10(8-17)12(18-14(20)15(2,3)4)22-11(9)13(19)21-16(5,6)7/h1-7H3,(H,18,20). The van der Waals surface area contributed by atoms with Gasteiger partial charge in [-0.3, -0.25) is 4.79 Å². The van der Waals surface area contributed by atoms with E-state index >= 15 is 0 Å². The van der Waals surface area contributed by atoms with Crippen LogP contribution in [0.15, 0.2) is 0 Å². The monoisotopic (exact) mass is 322 g/mol. The molecule has 0 atom stereocenters. The predicted molar refractivity (Wildman–Crippen MR) is 87.0 cm³/mol. The van der Waals surface area contributed by atoms with Crippen LogP contribution in [-0.4, -0.2) is 17.5 Å². The summed E-state index contributed by atoms with van der Waals surface area (Å²) < 4.78 is 5.34. The van der Waals surface area contributed by atoms with Crippen LogP contribution in [0.25, 0.3) is 0 Å². The molecule has 1 rings (SSSR count). The summed E-state index contributed by atoms with van der Waals surface area (Å²) in [5.74, 6) is -0.691. The van der Waals surface area contributed by atoms with E-state index in [0.717, 1.165) is 11.3 Å². The van der Waals surface area contributed by atoms with E-state index < -0.39 is 17.0 Å². The Hall–Kier alpha value is -1.87. The Bertz CT molecular complexity index is 640. The Kier molecular flexibility index (Phi) is 5.03. The highest BCUT2D eigenvalue weighted by Gasteiger charge is 2.28. The van der Waals surface area contributed by atoms with Crippen molar-refractivity contribution in [3.8, 4) is 6.07 Å². The first-order valence-corrected chi connectivity index (χ1v) is 7.76. The molecule has 0 fully saturated rings. The Morgan fingerprint density at radius 3 is 2.14 bits per heavy atom. The lowest BCUT2D eigenvalue weighted by molar-refractivity contribution is -0.123. The van der Waals surface area contributed by atoms with Crippen molar-refractivity contribution in [2.45, 2.75) is 54.1 Å². The van der Waals surface area contributed by atoms with E-state index in [9.17, 15) is 14.9 Å². The Balaban J connectivity index is 3.18. The second-order valence-electron chi connectivity index (χ2n) is 7.08. The quantitative estimate of drug-likeness (QED) is 0.838. The van der Waals surface area contributed by atoms with Crippen LogP contribution in [0.5, 0.6) is 0 Å². The van der Waals surface area contributed by atoms with Crippen molar-refractivity contribution in [2.75, 3.05) is 5.32 Å². The zero-order valence-corrected chi connectivity index (χ0v) is 14.9. The zero-order chi connectivity index (χ0) is 17.3. The van der Waals surface area contributed by atoms with E-state index in [1.807, 2.05) is 6.07 Å². The predicted octanol–water partition coefficient (Wildman–Crippen LogP) is 3.87. The van der Waals surface area contributed by atoms with Gasteiger partial charge >= 0.3 is 5.97 Å². The molecular formula is C16H22N2O3S. The minimum Gasteiger partial charge on any atom is -0.456 e. The highest BCUT2D eigenvalue weighted by molar-refractivity contribution is 7.18. The number of thiophene rings is 1. The first-order valence-electron chi connectivity index (χ1n) is 6.95. The zero-order valence-electron chi connectivity index (χ0n) is 14.1. The first kappa shape index (κ1) is 18.2. The summed E-state index contributed by atoms with van der Waals surface area (Å²) >= 11 is 1.07. The van der Waals surface area contributed by atoms with E-state index in [0.29, 0.717) is 21.0 Å². The van der Waals surface area contributed by atoms with Gasteiger partial charge in [-0.05, 0) is 33.3 Å². The molecule has 1 amide bonds. The number of nitriles is 1. The van der Waals surface area contributed by atoms with Crippen molar-refractivity contribution < 1.29 is 14.3 Å². The first-order chi connectivity index (χ1) is 9.86. The number of rotatable bonds is 2. The maximum Gasteiger partial charge on any atom is 0.349 e. The number of nitrogens with one attached hydrogen (secondary N) is 1. The average Bonchev–Trinajstić information content (AvgIpc) is 2.62. The third-order valence-electron chi connectivity index (χ3n) is 2.75. The topological polar surface area (TPSA) is 79.2 Å². The molecule has 0 unspecified atom stereocenters. The SMILES string of the molecule is Cc1c(C(=O)OC(C)(C)C)sc(NC(=O)C(C)(C)C)c1C#N. The fourth-order valence-electron chi connectivity index (χ4n) is 1.55. The average molecular weight is 322 g/mol. The van der Waals surface area contributed by atoms with Crippen LogP contribution in [0.3, 0.4) is 0 Å². The number of hydrogen-bond acceptors (Lipinski definition) is 5. The summed E-state index contributed by atoms with van der Waals surface area (Å²) in [5, 5.41) is 12.4. The molecule has 22 heavy (non-hydrogen) atoms. The fraction of sp³-hybridized carbons (Fsp3) is 0.562. The molecule has 1 heterocycles. The number of anilines is 1. The summed E-state index contributed by atoms with van der Waals surface area (Å²) in [4.78, 5) is 24.6. The molecule has 0 aromatic carbocycles. The van der Waals surface area contributed by atoms with Gasteiger partial charge in [-0.15, -0.1) is 11.3 Å². The molecule has 0 radical (unpaired) electrons. The lowest BCUT2D eigenvalue weighted by Crippen LogP contribution is -2.27. The molecule has 120 valence electrons. The highest BCUT2D eigenvalue weighted by atomic mass is 32.1. The van der Waals surface area contributed by atoms with Gasteiger partial charge in [0.25, 0.3) is 0 Å². The lowest BCUT2D eigenvalue weighted by Gasteiger charge is -2.19. The van der Waals surface area contributed by atoms with Gasteiger partial charge in [0, 0.05) is 5.41 Å². The molecule has 0 bridgehead atoms. The maximum absolute atomic E-state index is 12.2. The van der Waals surface area contributed by atoms with Crippen LogP contribution in [0.4, 0.5) is 5.00 Å². The number of esters is 1. The Morgan fingerprint density at radius 2 is 1.73 bits per heavy atom. The fourth-order valence-corrected chi connectivity index (χ4v) is 2.57. The van der Waals surface area contributed by atoms with Crippen LogP contribution in [0.2, 0.25) is 0 Å². The normalized spacial score (nSPS) is 11.7. The third kappa shape index (κ3) is 4.31. The van der Waals surface area contributed by atoms with Gasteiger partial charge in [0.05, 0.1) is 5.56 Å². The molecule has 6 heteroatoms. The van der Waals surface area contributed by atoms with Crippen LogP contribution < -0.4 is 5.32 Å². The van der Waals surface area contributed by atoms with Gasteiger partial charge in [-0.25, -0.2) is 4.79 Å². The van der Waals surface area contributed by atoms with Crippen molar-refractivity contribution in [1.82, 2.24) is 0 Å². The molecule has 0 saturated carbocycles. The van der Waals surface area contributed by atoms with Crippen molar-refractivity contribution in [1.29, 1.82) is 5.26 Å². The molecule has 1 aromatic rings. The molecule has 0 saturated heterocycles. The number of hydrogen-bond donors (Lipinski definition) is 1. The van der Waals surface area contributed by atoms with Crippen molar-refractivity contribution in [2.24, 2.45) is 5.41 Å². The van der Waals surface area contributed by atoms with E-state index in [2.05, 4.69) is 5.32 Å². The summed E-state index contributed by atoms with van der Waals surface area (Å²) in [6.07, 6.45) is 0. The molecule has 1 aromatic heterocycles. The van der Waals surface area contributed by atoms with Crippen LogP contribution in [0.1, 0.15) is 62.3 Å². The van der Waals surface area contributed by atoms with Gasteiger partial charge in [0.2, 0.25) is 5.91 Å². The smallest absolute Gasteiger partial charge is 0.349 e. The van der Waals surface area contributed by atoms with Gasteiger partial charge in [0.1, 0.15) is 21.5 Å². The van der Waals surface area contributed by atoms with Crippen LogP contribution in [-0.2, 0) is 9.53 Å². The number of ether oxygens (including phenoxy) is 1. The molecule has 0 spiro atoms. The molecule has 0 aliphatic rings. The van der Waals surface area contributed by atoms with Crippen LogP contribution >= 0.6 is 11.3 Å². The summed E-state index contributed by atoms with van der Waals surface area (Å²) in [6.45, 7) is 12.4. The second-order valence-corrected chi connectivity index (χ2v) is 8.10. The Morgan fingerprint density at radius 1 is 1.18 bits per heavy atom. The largest absolute Gasteiger partial charge is 0.456 e. The number of amides is 1. The van der Waals surface area contributed by atoms with E-state index in [1.54, 1.807) is 48.5 Å². The van der Waals surface area contributed by atoms with Crippen molar-refractivity contribution >= 4 is 28.2 Å². The summed E-state index contributed by atoms with van der Waals surface area (Å²) in [7, 11) is 0. The summed E-state index contributed by atoms with van der Waals surface area (Å²) in [6, 6.07) is 2.05. The third-order valence-corrected chi connectivity index (χ3v) is 3.94.